The number of urea groups is 1. The standard InChI is InChI=1S/C26H32N4O2/c1-20-24(21(2)30(28-20)23-12-8-5-9-13-23)18-29(3)25(31)27-19-26(14-16-32-17-15-26)22-10-6-4-7-11-22/h4-13H,14-19H2,1-3H3,(H,27,31). The molecule has 4 rings (SSSR count). The number of hydrogen-bond donors (Lipinski definition) is 1. The molecule has 1 saturated heterocycles. The van der Waals surface area contributed by atoms with E-state index in [-0.39, 0.29) is 11.4 Å². The van der Waals surface area contributed by atoms with E-state index in [0.717, 1.165) is 48.7 Å². The van der Waals surface area contributed by atoms with E-state index in [0.29, 0.717) is 13.1 Å². The molecule has 168 valence electrons. The predicted octanol–water partition coefficient (Wildman–Crippen LogP) is 4.38. The van der Waals surface area contributed by atoms with Crippen molar-refractivity contribution in [1.82, 2.24) is 20.0 Å². The summed E-state index contributed by atoms with van der Waals surface area (Å²) in [7, 11) is 1.84. The van der Waals surface area contributed by atoms with Gasteiger partial charge in [0, 0.05) is 43.5 Å². The van der Waals surface area contributed by atoms with Gasteiger partial charge in [0.25, 0.3) is 0 Å². The van der Waals surface area contributed by atoms with Gasteiger partial charge in [-0.2, -0.15) is 5.10 Å². The third-order valence-corrected chi connectivity index (χ3v) is 6.60. The van der Waals surface area contributed by atoms with E-state index in [4.69, 9.17) is 9.84 Å². The molecule has 0 bridgehead atoms. The van der Waals surface area contributed by atoms with Crippen molar-refractivity contribution >= 4 is 6.03 Å². The number of para-hydroxylation sites is 1. The van der Waals surface area contributed by atoms with E-state index in [1.807, 2.05) is 55.1 Å². The average Bonchev–Trinajstić information content (AvgIpc) is 3.12. The van der Waals surface area contributed by atoms with Gasteiger partial charge in [0.2, 0.25) is 0 Å². The summed E-state index contributed by atoms with van der Waals surface area (Å²) < 4.78 is 7.56. The van der Waals surface area contributed by atoms with E-state index in [1.54, 1.807) is 4.90 Å². The number of carbonyl (C=O) groups excluding carboxylic acids is 1. The fourth-order valence-corrected chi connectivity index (χ4v) is 4.53. The summed E-state index contributed by atoms with van der Waals surface area (Å²) in [6, 6.07) is 20.5. The van der Waals surface area contributed by atoms with Gasteiger partial charge in [-0.05, 0) is 44.4 Å². The van der Waals surface area contributed by atoms with E-state index in [2.05, 4.69) is 36.5 Å². The molecule has 0 aliphatic carbocycles. The van der Waals surface area contributed by atoms with Crippen LogP contribution < -0.4 is 5.32 Å². The first-order valence-electron chi connectivity index (χ1n) is 11.2. The van der Waals surface area contributed by atoms with Gasteiger partial charge in [0.1, 0.15) is 0 Å². The maximum Gasteiger partial charge on any atom is 0.317 e. The number of aromatic nitrogens is 2. The number of nitrogens with zero attached hydrogens (tertiary/aromatic N) is 3. The molecule has 1 fully saturated rings. The minimum atomic E-state index is -0.0833. The van der Waals surface area contributed by atoms with Crippen LogP contribution in [-0.4, -0.2) is 47.5 Å². The van der Waals surface area contributed by atoms with Crippen LogP contribution in [0.25, 0.3) is 5.69 Å². The van der Waals surface area contributed by atoms with Crippen molar-refractivity contribution in [3.05, 3.63) is 83.2 Å². The minimum Gasteiger partial charge on any atom is -0.381 e. The fraction of sp³-hybridized carbons (Fsp3) is 0.385. The molecule has 2 amide bonds. The Labute approximate surface area is 190 Å². The summed E-state index contributed by atoms with van der Waals surface area (Å²) in [5, 5.41) is 7.90. The predicted molar refractivity (Wildman–Crippen MR) is 126 cm³/mol. The van der Waals surface area contributed by atoms with Crippen LogP contribution in [0.2, 0.25) is 0 Å². The Morgan fingerprint density at radius 2 is 1.69 bits per heavy atom. The number of carbonyl (C=O) groups is 1. The van der Waals surface area contributed by atoms with E-state index < -0.39 is 0 Å². The molecule has 3 aromatic rings. The van der Waals surface area contributed by atoms with Gasteiger partial charge in [-0.3, -0.25) is 0 Å². The van der Waals surface area contributed by atoms with Crippen molar-refractivity contribution in [3.8, 4) is 5.69 Å². The number of nitrogens with one attached hydrogen (secondary N) is 1. The van der Waals surface area contributed by atoms with Crippen LogP contribution in [0.5, 0.6) is 0 Å². The zero-order chi connectivity index (χ0) is 22.6. The topological polar surface area (TPSA) is 59.4 Å². The maximum absolute atomic E-state index is 13.0. The number of hydrogen-bond acceptors (Lipinski definition) is 3. The Bertz CT molecular complexity index is 1040. The molecule has 2 aromatic carbocycles. The quantitative estimate of drug-likeness (QED) is 0.629. The van der Waals surface area contributed by atoms with Gasteiger partial charge in [0.15, 0.2) is 0 Å². The van der Waals surface area contributed by atoms with Crippen molar-refractivity contribution in [2.24, 2.45) is 0 Å². The second kappa shape index (κ2) is 9.57. The average molecular weight is 433 g/mol. The monoisotopic (exact) mass is 432 g/mol. The second-order valence-corrected chi connectivity index (χ2v) is 8.67. The highest BCUT2D eigenvalue weighted by atomic mass is 16.5. The molecular formula is C26H32N4O2. The highest BCUT2D eigenvalue weighted by molar-refractivity contribution is 5.74. The van der Waals surface area contributed by atoms with Crippen molar-refractivity contribution in [2.45, 2.75) is 38.6 Å². The summed E-state index contributed by atoms with van der Waals surface area (Å²) in [4.78, 5) is 14.8. The molecule has 6 heteroatoms. The van der Waals surface area contributed by atoms with Crippen molar-refractivity contribution < 1.29 is 9.53 Å². The summed E-state index contributed by atoms with van der Waals surface area (Å²) in [5.74, 6) is 0. The highest BCUT2D eigenvalue weighted by Crippen LogP contribution is 2.34. The number of amides is 2. The third-order valence-electron chi connectivity index (χ3n) is 6.60. The van der Waals surface area contributed by atoms with Gasteiger partial charge < -0.3 is 15.0 Å². The Kier molecular flexibility index (Phi) is 6.61. The SMILES string of the molecule is Cc1nn(-c2ccccc2)c(C)c1CN(C)C(=O)NCC1(c2ccccc2)CCOCC1. The molecule has 0 unspecified atom stereocenters. The summed E-state index contributed by atoms with van der Waals surface area (Å²) >= 11 is 0. The van der Waals surface area contributed by atoms with Crippen molar-refractivity contribution in [1.29, 1.82) is 0 Å². The molecule has 2 heterocycles. The lowest BCUT2D eigenvalue weighted by Gasteiger charge is -2.38. The van der Waals surface area contributed by atoms with Crippen LogP contribution in [0.1, 0.15) is 35.4 Å². The maximum atomic E-state index is 13.0. The molecule has 0 spiro atoms. The molecular weight excluding hydrogens is 400 g/mol. The molecule has 1 N–H and O–H groups in total. The van der Waals surface area contributed by atoms with Gasteiger partial charge in [-0.1, -0.05) is 48.5 Å². The Morgan fingerprint density at radius 3 is 2.34 bits per heavy atom. The van der Waals surface area contributed by atoms with Gasteiger partial charge in [-0.25, -0.2) is 9.48 Å². The van der Waals surface area contributed by atoms with Gasteiger partial charge in [-0.15, -0.1) is 0 Å². The zero-order valence-electron chi connectivity index (χ0n) is 19.2. The first-order chi connectivity index (χ1) is 15.5. The van der Waals surface area contributed by atoms with Crippen LogP contribution in [-0.2, 0) is 16.7 Å². The van der Waals surface area contributed by atoms with Gasteiger partial charge in [0.05, 0.1) is 17.9 Å². The smallest absolute Gasteiger partial charge is 0.317 e. The van der Waals surface area contributed by atoms with E-state index in [9.17, 15) is 4.79 Å². The Hall–Kier alpha value is -3.12. The van der Waals surface area contributed by atoms with Crippen molar-refractivity contribution in [3.63, 3.8) is 0 Å². The number of aryl methyl sites for hydroxylation is 1. The lowest BCUT2D eigenvalue weighted by molar-refractivity contribution is 0.0502. The molecule has 32 heavy (non-hydrogen) atoms. The summed E-state index contributed by atoms with van der Waals surface area (Å²) in [6.07, 6.45) is 1.81. The zero-order valence-corrected chi connectivity index (χ0v) is 19.2. The Balaban J connectivity index is 1.45. The van der Waals surface area contributed by atoms with Crippen LogP contribution in [0.15, 0.2) is 60.7 Å². The molecule has 1 aromatic heterocycles. The van der Waals surface area contributed by atoms with Gasteiger partial charge >= 0.3 is 6.03 Å². The van der Waals surface area contributed by atoms with Crippen LogP contribution >= 0.6 is 0 Å². The highest BCUT2D eigenvalue weighted by Gasteiger charge is 2.35. The third kappa shape index (κ3) is 4.55. The Morgan fingerprint density at radius 1 is 1.06 bits per heavy atom. The van der Waals surface area contributed by atoms with E-state index in [1.165, 1.54) is 5.56 Å². The molecule has 0 radical (unpaired) electrons. The normalized spacial score (nSPS) is 15.3. The number of rotatable bonds is 6. The number of benzene rings is 2. The first-order valence-corrected chi connectivity index (χ1v) is 11.2. The van der Waals surface area contributed by atoms with E-state index >= 15 is 0 Å². The minimum absolute atomic E-state index is 0.0712. The van der Waals surface area contributed by atoms with Crippen LogP contribution in [0, 0.1) is 13.8 Å². The van der Waals surface area contributed by atoms with Crippen LogP contribution in [0.4, 0.5) is 4.79 Å². The summed E-state index contributed by atoms with van der Waals surface area (Å²) in [6.45, 7) is 6.61. The summed E-state index contributed by atoms with van der Waals surface area (Å²) in [5.41, 5.74) is 5.28. The lowest BCUT2D eigenvalue weighted by atomic mass is 9.74. The first kappa shape index (κ1) is 22.1. The molecule has 1 aliphatic heterocycles. The molecule has 1 aliphatic rings. The largest absolute Gasteiger partial charge is 0.381 e. The molecule has 6 nitrogen and oxygen atoms in total. The fourth-order valence-electron chi connectivity index (χ4n) is 4.53. The molecule has 0 atom stereocenters. The van der Waals surface area contributed by atoms with Crippen molar-refractivity contribution in [2.75, 3.05) is 26.8 Å². The molecule has 0 saturated carbocycles. The second-order valence-electron chi connectivity index (χ2n) is 8.67. The lowest BCUT2D eigenvalue weighted by Crippen LogP contribution is -2.47. The number of ether oxygens (including phenoxy) is 1. The van der Waals surface area contributed by atoms with Crippen LogP contribution in [0.3, 0.4) is 0 Å².